The minimum Gasteiger partial charge on any atom is -0.299 e. The Morgan fingerprint density at radius 3 is 2.33 bits per heavy atom. The van der Waals surface area contributed by atoms with E-state index in [-0.39, 0.29) is 16.6 Å². The molecule has 1 aliphatic heterocycles. The third-order valence-electron chi connectivity index (χ3n) is 9.18. The van der Waals surface area contributed by atoms with Crippen LogP contribution in [-0.4, -0.2) is 32.1 Å². The summed E-state index contributed by atoms with van der Waals surface area (Å²) in [5.74, 6) is -0.351. The second kappa shape index (κ2) is 6.34. The summed E-state index contributed by atoms with van der Waals surface area (Å²) < 4.78 is 57.1. The summed E-state index contributed by atoms with van der Waals surface area (Å²) in [4.78, 5) is 13.2. The average Bonchev–Trinajstić information content (AvgIpc) is 3.37. The normalized spacial score (nSPS) is 33.5. The van der Waals surface area contributed by atoms with Gasteiger partial charge in [-0.25, -0.2) is 16.8 Å². The van der Waals surface area contributed by atoms with Gasteiger partial charge in [0.25, 0.3) is 10.0 Å². The van der Waals surface area contributed by atoms with E-state index in [1.807, 2.05) is 38.1 Å². The van der Waals surface area contributed by atoms with Gasteiger partial charge in [-0.1, -0.05) is 60.0 Å². The van der Waals surface area contributed by atoms with Gasteiger partial charge < -0.3 is 0 Å². The van der Waals surface area contributed by atoms with Gasteiger partial charge in [0.15, 0.2) is 0 Å². The molecule has 0 saturated heterocycles. The van der Waals surface area contributed by atoms with E-state index in [0.29, 0.717) is 31.2 Å². The van der Waals surface area contributed by atoms with Crippen molar-refractivity contribution >= 4 is 25.8 Å². The minimum atomic E-state index is -4.38. The van der Waals surface area contributed by atoms with E-state index in [9.17, 15) is 21.6 Å². The third-order valence-corrected chi connectivity index (χ3v) is 13.8. The SMILES string of the molecule is CC1(C)[C@@H]2CC[C@@]1(CS(=O)(=O)N1[C@@]3(CCc4ccccc43)c3ccccc3S1(=O)=O)C(=O)C2. The fourth-order valence-corrected chi connectivity index (χ4v) is 12.8. The van der Waals surface area contributed by atoms with Crippen molar-refractivity contribution < 1.29 is 21.6 Å². The van der Waals surface area contributed by atoms with E-state index in [0.717, 1.165) is 21.3 Å². The number of aryl methyl sites for hydroxylation is 1. The molecule has 2 aromatic carbocycles. The van der Waals surface area contributed by atoms with Crippen LogP contribution in [0.1, 0.15) is 56.2 Å². The largest absolute Gasteiger partial charge is 0.299 e. The molecule has 8 heteroatoms. The van der Waals surface area contributed by atoms with E-state index in [1.165, 1.54) is 6.07 Å². The molecule has 2 fully saturated rings. The van der Waals surface area contributed by atoms with Gasteiger partial charge in [-0.15, -0.1) is 0 Å². The van der Waals surface area contributed by atoms with Gasteiger partial charge in [-0.2, -0.15) is 0 Å². The van der Waals surface area contributed by atoms with Crippen LogP contribution in [0.3, 0.4) is 0 Å². The Hall–Kier alpha value is -2.03. The van der Waals surface area contributed by atoms with Crippen molar-refractivity contribution in [2.45, 2.75) is 56.4 Å². The predicted molar refractivity (Wildman–Crippen MR) is 123 cm³/mol. The number of carbonyl (C=O) groups is 1. The zero-order valence-electron chi connectivity index (χ0n) is 18.7. The fourth-order valence-electron chi connectivity index (χ4n) is 7.35. The standard InChI is InChI=1S/C25H27NO5S2/c1-23(2)18-12-13-24(23,22(27)15-18)16-32(28,29)26-25(14-11-17-7-3-4-8-19(17)25)20-9-5-6-10-21(20)33(26,30)31/h3-10,18H,11-16H2,1-2H3/t18-,24-,25-/m1/s1. The fraction of sp³-hybridized carbons (Fsp3) is 0.480. The van der Waals surface area contributed by atoms with Crippen molar-refractivity contribution in [2.75, 3.05) is 5.75 Å². The lowest BCUT2D eigenvalue weighted by molar-refractivity contribution is -0.128. The molecule has 33 heavy (non-hydrogen) atoms. The Kier molecular flexibility index (Phi) is 4.13. The molecule has 0 unspecified atom stereocenters. The van der Waals surface area contributed by atoms with Gasteiger partial charge in [-0.3, -0.25) is 4.79 Å². The Bertz CT molecular complexity index is 1430. The summed E-state index contributed by atoms with van der Waals surface area (Å²) in [5, 5.41) is 0. The monoisotopic (exact) mass is 485 g/mol. The molecule has 2 saturated carbocycles. The molecule has 6 nitrogen and oxygen atoms in total. The molecule has 174 valence electrons. The maximum absolute atomic E-state index is 14.3. The van der Waals surface area contributed by atoms with E-state index in [4.69, 9.17) is 0 Å². The summed E-state index contributed by atoms with van der Waals surface area (Å²) in [6.45, 7) is 3.94. The summed E-state index contributed by atoms with van der Waals surface area (Å²) in [6.07, 6.45) is 2.62. The van der Waals surface area contributed by atoms with Gasteiger partial charge in [0.1, 0.15) is 11.3 Å². The molecule has 2 bridgehead atoms. The highest BCUT2D eigenvalue weighted by Gasteiger charge is 2.69. The Balaban J connectivity index is 1.58. The molecule has 4 aliphatic rings. The summed E-state index contributed by atoms with van der Waals surface area (Å²) in [6, 6.07) is 14.1. The average molecular weight is 486 g/mol. The molecule has 3 aliphatic carbocycles. The first-order valence-electron chi connectivity index (χ1n) is 11.5. The number of ketones is 1. The van der Waals surface area contributed by atoms with Gasteiger partial charge in [0.05, 0.1) is 10.6 Å². The number of fused-ring (bicyclic) bond motifs is 6. The highest BCUT2D eigenvalue weighted by Crippen LogP contribution is 2.65. The van der Waals surface area contributed by atoms with Crippen LogP contribution in [0.2, 0.25) is 0 Å². The van der Waals surface area contributed by atoms with Crippen LogP contribution in [0.5, 0.6) is 0 Å². The van der Waals surface area contributed by atoms with Crippen molar-refractivity contribution in [2.24, 2.45) is 16.7 Å². The zero-order valence-corrected chi connectivity index (χ0v) is 20.4. The molecule has 1 heterocycles. The Morgan fingerprint density at radius 1 is 1.00 bits per heavy atom. The molecule has 0 aromatic heterocycles. The van der Waals surface area contributed by atoms with E-state index in [1.54, 1.807) is 18.2 Å². The van der Waals surface area contributed by atoms with Gasteiger partial charge in [0, 0.05) is 11.8 Å². The van der Waals surface area contributed by atoms with Gasteiger partial charge >= 0.3 is 0 Å². The molecule has 2 aromatic rings. The molecule has 6 rings (SSSR count). The quantitative estimate of drug-likeness (QED) is 0.663. The summed E-state index contributed by atoms with van der Waals surface area (Å²) >= 11 is 0. The van der Waals surface area contributed by atoms with Crippen LogP contribution >= 0.6 is 0 Å². The van der Waals surface area contributed by atoms with Gasteiger partial charge in [0.2, 0.25) is 10.0 Å². The van der Waals surface area contributed by atoms with Crippen molar-refractivity contribution in [1.29, 1.82) is 0 Å². The first-order valence-corrected chi connectivity index (χ1v) is 14.5. The first kappa shape index (κ1) is 21.5. The van der Waals surface area contributed by atoms with E-state index >= 15 is 0 Å². The molecule has 0 N–H and O–H groups in total. The lowest BCUT2D eigenvalue weighted by atomic mass is 9.70. The lowest BCUT2D eigenvalue weighted by Gasteiger charge is -2.40. The van der Waals surface area contributed by atoms with Crippen LogP contribution in [0.25, 0.3) is 0 Å². The number of carbonyl (C=O) groups excluding carboxylic acids is 1. The topological polar surface area (TPSA) is 88.6 Å². The number of Topliss-reactive ketones (excluding diaryl/α,β-unsaturated/α-hetero) is 1. The number of rotatable bonds is 3. The molecule has 0 radical (unpaired) electrons. The zero-order chi connectivity index (χ0) is 23.4. The first-order chi connectivity index (χ1) is 15.5. The number of hydrogen-bond donors (Lipinski definition) is 0. The van der Waals surface area contributed by atoms with Crippen LogP contribution in [-0.2, 0) is 36.8 Å². The lowest BCUT2D eigenvalue weighted by Crippen LogP contribution is -2.52. The van der Waals surface area contributed by atoms with Crippen molar-refractivity contribution in [1.82, 2.24) is 3.71 Å². The van der Waals surface area contributed by atoms with Gasteiger partial charge in [-0.05, 0) is 59.8 Å². The predicted octanol–water partition coefficient (Wildman–Crippen LogP) is 3.61. The van der Waals surface area contributed by atoms with Crippen LogP contribution in [0, 0.1) is 16.7 Å². The number of benzene rings is 2. The number of hydrogen-bond acceptors (Lipinski definition) is 5. The molecule has 0 amide bonds. The van der Waals surface area contributed by atoms with Crippen molar-refractivity contribution in [3.05, 3.63) is 65.2 Å². The van der Waals surface area contributed by atoms with Crippen LogP contribution in [0.15, 0.2) is 53.4 Å². The smallest absolute Gasteiger partial charge is 0.257 e. The molecular weight excluding hydrogens is 458 g/mol. The van der Waals surface area contributed by atoms with E-state index in [2.05, 4.69) is 0 Å². The van der Waals surface area contributed by atoms with E-state index < -0.39 is 42.2 Å². The Morgan fingerprint density at radius 2 is 1.67 bits per heavy atom. The van der Waals surface area contributed by atoms with Crippen molar-refractivity contribution in [3.8, 4) is 0 Å². The minimum absolute atomic E-state index is 0.0395. The Labute approximate surface area is 195 Å². The van der Waals surface area contributed by atoms with Crippen molar-refractivity contribution in [3.63, 3.8) is 0 Å². The highest BCUT2D eigenvalue weighted by atomic mass is 32.3. The molecule has 1 spiro atoms. The van der Waals surface area contributed by atoms with Crippen LogP contribution in [0.4, 0.5) is 0 Å². The molecular formula is C25H27NO5S2. The number of sulfonamides is 2. The summed E-state index contributed by atoms with van der Waals surface area (Å²) in [7, 11) is -8.70. The second-order valence-electron chi connectivity index (χ2n) is 10.6. The maximum Gasteiger partial charge on any atom is 0.257 e. The molecule has 3 atom stereocenters. The maximum atomic E-state index is 14.3. The second-order valence-corrected chi connectivity index (χ2v) is 14.4. The third kappa shape index (κ3) is 2.39. The van der Waals surface area contributed by atoms with Crippen LogP contribution < -0.4 is 0 Å². The summed E-state index contributed by atoms with van der Waals surface area (Å²) in [5.41, 5.74) is -0.626. The highest BCUT2D eigenvalue weighted by molar-refractivity contribution is 8.04. The number of nitrogens with zero attached hydrogens (tertiary/aromatic N) is 1.